The van der Waals surface area contributed by atoms with E-state index in [0.717, 1.165) is 10.2 Å². The Morgan fingerprint density at radius 2 is 2.31 bits per heavy atom. The lowest BCUT2D eigenvalue weighted by Gasteiger charge is -2.19. The van der Waals surface area contributed by atoms with Crippen LogP contribution in [0, 0.1) is 0 Å². The lowest BCUT2D eigenvalue weighted by Crippen LogP contribution is -2.38. The van der Waals surface area contributed by atoms with E-state index in [4.69, 9.17) is 10.5 Å². The van der Waals surface area contributed by atoms with Crippen LogP contribution in [0.5, 0.6) is 5.75 Å². The lowest BCUT2D eigenvalue weighted by molar-refractivity contribution is 0.242. The first-order valence-electron chi connectivity index (χ1n) is 4.00. The van der Waals surface area contributed by atoms with Crippen LogP contribution in [0.2, 0.25) is 0 Å². The molecule has 2 N–H and O–H groups in total. The van der Waals surface area contributed by atoms with E-state index in [1.165, 1.54) is 0 Å². The average molecular weight is 245 g/mol. The summed E-state index contributed by atoms with van der Waals surface area (Å²) in [6, 6.07) is 1.80. The molecule has 0 aliphatic heterocycles. The molecule has 1 aromatic rings. The monoisotopic (exact) mass is 244 g/mol. The first kappa shape index (κ1) is 10.5. The molecular weight excluding hydrogens is 232 g/mol. The van der Waals surface area contributed by atoms with Crippen molar-refractivity contribution in [3.05, 3.63) is 22.9 Å². The fraction of sp³-hybridized carbons (Fsp3) is 0.444. The van der Waals surface area contributed by atoms with Crippen molar-refractivity contribution >= 4 is 15.9 Å². The number of halogens is 1. The molecule has 0 saturated heterocycles. The van der Waals surface area contributed by atoms with Gasteiger partial charge < -0.3 is 10.5 Å². The van der Waals surface area contributed by atoms with Gasteiger partial charge in [-0.25, -0.2) is 0 Å². The molecule has 0 spiro atoms. The number of hydrogen-bond acceptors (Lipinski definition) is 3. The first-order valence-corrected chi connectivity index (χ1v) is 4.79. The van der Waals surface area contributed by atoms with Crippen molar-refractivity contribution in [3.8, 4) is 5.75 Å². The van der Waals surface area contributed by atoms with Gasteiger partial charge in [-0.1, -0.05) is 0 Å². The van der Waals surface area contributed by atoms with Crippen molar-refractivity contribution in [3.63, 3.8) is 0 Å². The van der Waals surface area contributed by atoms with E-state index in [1.54, 1.807) is 18.5 Å². The van der Waals surface area contributed by atoms with Gasteiger partial charge in [-0.3, -0.25) is 4.98 Å². The molecule has 0 radical (unpaired) electrons. The van der Waals surface area contributed by atoms with Crippen molar-refractivity contribution in [2.45, 2.75) is 19.4 Å². The smallest absolute Gasteiger partial charge is 0.136 e. The summed E-state index contributed by atoms with van der Waals surface area (Å²) >= 11 is 3.34. The standard InChI is InChI=1S/C9H13BrN2O/c1-9(2,11)6-13-8-3-4-12-5-7(8)10/h3-5H,6,11H2,1-2H3. The second-order valence-corrected chi connectivity index (χ2v) is 4.44. The maximum atomic E-state index is 5.78. The molecule has 0 aromatic carbocycles. The van der Waals surface area contributed by atoms with Crippen molar-refractivity contribution in [2.24, 2.45) is 5.73 Å². The minimum atomic E-state index is -0.317. The van der Waals surface area contributed by atoms with Crippen LogP contribution in [0.25, 0.3) is 0 Å². The molecular formula is C9H13BrN2O. The van der Waals surface area contributed by atoms with E-state index < -0.39 is 0 Å². The summed E-state index contributed by atoms with van der Waals surface area (Å²) in [5.41, 5.74) is 5.46. The van der Waals surface area contributed by atoms with Crippen LogP contribution in [0.15, 0.2) is 22.9 Å². The third-order valence-corrected chi connectivity index (χ3v) is 1.93. The highest BCUT2D eigenvalue weighted by atomic mass is 79.9. The van der Waals surface area contributed by atoms with E-state index in [-0.39, 0.29) is 5.54 Å². The Morgan fingerprint density at radius 1 is 1.62 bits per heavy atom. The van der Waals surface area contributed by atoms with Gasteiger partial charge in [0, 0.05) is 17.9 Å². The number of hydrogen-bond donors (Lipinski definition) is 1. The van der Waals surface area contributed by atoms with Crippen molar-refractivity contribution in [2.75, 3.05) is 6.61 Å². The zero-order valence-electron chi connectivity index (χ0n) is 7.75. The predicted octanol–water partition coefficient (Wildman–Crippen LogP) is 1.96. The highest BCUT2D eigenvalue weighted by Crippen LogP contribution is 2.23. The van der Waals surface area contributed by atoms with Crippen LogP contribution >= 0.6 is 15.9 Å². The number of pyridine rings is 1. The Labute approximate surface area is 86.4 Å². The Balaban J connectivity index is 2.60. The van der Waals surface area contributed by atoms with Crippen LogP contribution in [-0.2, 0) is 0 Å². The SMILES string of the molecule is CC(C)(N)COc1ccncc1Br. The summed E-state index contributed by atoms with van der Waals surface area (Å²) in [5.74, 6) is 0.772. The molecule has 0 atom stereocenters. The predicted molar refractivity (Wildman–Crippen MR) is 55.7 cm³/mol. The molecule has 0 amide bonds. The van der Waals surface area contributed by atoms with Crippen LogP contribution < -0.4 is 10.5 Å². The summed E-state index contributed by atoms with van der Waals surface area (Å²) in [4.78, 5) is 3.93. The fourth-order valence-electron chi connectivity index (χ4n) is 0.743. The number of ether oxygens (including phenoxy) is 1. The summed E-state index contributed by atoms with van der Waals surface area (Å²) in [6.07, 6.45) is 3.38. The number of nitrogens with two attached hydrogens (primary N) is 1. The van der Waals surface area contributed by atoms with Gasteiger partial charge in [0.05, 0.1) is 4.47 Å². The van der Waals surface area contributed by atoms with Crippen LogP contribution in [0.1, 0.15) is 13.8 Å². The summed E-state index contributed by atoms with van der Waals surface area (Å²) in [7, 11) is 0. The van der Waals surface area contributed by atoms with Gasteiger partial charge in [0.2, 0.25) is 0 Å². The van der Waals surface area contributed by atoms with E-state index in [0.29, 0.717) is 6.61 Å². The molecule has 0 bridgehead atoms. The van der Waals surface area contributed by atoms with E-state index in [1.807, 2.05) is 13.8 Å². The Kier molecular flexibility index (Phi) is 3.27. The highest BCUT2D eigenvalue weighted by molar-refractivity contribution is 9.10. The maximum Gasteiger partial charge on any atom is 0.136 e. The Hall–Kier alpha value is -0.610. The van der Waals surface area contributed by atoms with Gasteiger partial charge in [0.15, 0.2) is 0 Å². The van der Waals surface area contributed by atoms with Crippen molar-refractivity contribution < 1.29 is 4.74 Å². The van der Waals surface area contributed by atoms with Crippen LogP contribution in [0.4, 0.5) is 0 Å². The molecule has 1 rings (SSSR count). The second kappa shape index (κ2) is 4.07. The van der Waals surface area contributed by atoms with Gasteiger partial charge in [0.1, 0.15) is 12.4 Å². The van der Waals surface area contributed by atoms with Gasteiger partial charge in [-0.15, -0.1) is 0 Å². The van der Waals surface area contributed by atoms with E-state index in [2.05, 4.69) is 20.9 Å². The average Bonchev–Trinajstić information content (AvgIpc) is 2.01. The van der Waals surface area contributed by atoms with Crippen LogP contribution in [-0.4, -0.2) is 17.1 Å². The van der Waals surface area contributed by atoms with Gasteiger partial charge in [0.25, 0.3) is 0 Å². The molecule has 0 saturated carbocycles. The minimum Gasteiger partial charge on any atom is -0.490 e. The molecule has 0 fully saturated rings. The quantitative estimate of drug-likeness (QED) is 0.885. The third kappa shape index (κ3) is 3.74. The number of aromatic nitrogens is 1. The number of nitrogens with zero attached hydrogens (tertiary/aromatic N) is 1. The summed E-state index contributed by atoms with van der Waals surface area (Å²) in [5, 5.41) is 0. The normalized spacial score (nSPS) is 11.4. The molecule has 3 nitrogen and oxygen atoms in total. The maximum absolute atomic E-state index is 5.78. The van der Waals surface area contributed by atoms with E-state index >= 15 is 0 Å². The molecule has 0 aliphatic carbocycles. The summed E-state index contributed by atoms with van der Waals surface area (Å²) < 4.78 is 6.34. The minimum absolute atomic E-state index is 0.317. The largest absolute Gasteiger partial charge is 0.490 e. The van der Waals surface area contributed by atoms with Crippen LogP contribution in [0.3, 0.4) is 0 Å². The molecule has 0 aliphatic rings. The number of rotatable bonds is 3. The third-order valence-electron chi connectivity index (χ3n) is 1.33. The topological polar surface area (TPSA) is 48.1 Å². The zero-order chi connectivity index (χ0) is 9.90. The Morgan fingerprint density at radius 3 is 2.85 bits per heavy atom. The molecule has 72 valence electrons. The van der Waals surface area contributed by atoms with Gasteiger partial charge in [-0.05, 0) is 35.8 Å². The van der Waals surface area contributed by atoms with E-state index in [9.17, 15) is 0 Å². The lowest BCUT2D eigenvalue weighted by atomic mass is 10.1. The zero-order valence-corrected chi connectivity index (χ0v) is 9.34. The summed E-state index contributed by atoms with van der Waals surface area (Å²) in [6.45, 7) is 4.32. The molecule has 1 aromatic heterocycles. The second-order valence-electron chi connectivity index (χ2n) is 3.58. The molecule has 0 unspecified atom stereocenters. The van der Waals surface area contributed by atoms with Crippen molar-refractivity contribution in [1.82, 2.24) is 4.98 Å². The fourth-order valence-corrected chi connectivity index (χ4v) is 1.11. The molecule has 4 heteroatoms. The molecule has 1 heterocycles. The van der Waals surface area contributed by atoms with Crippen molar-refractivity contribution in [1.29, 1.82) is 0 Å². The van der Waals surface area contributed by atoms with Gasteiger partial charge >= 0.3 is 0 Å². The first-order chi connectivity index (χ1) is 5.99. The molecule has 13 heavy (non-hydrogen) atoms. The highest BCUT2D eigenvalue weighted by Gasteiger charge is 2.12. The van der Waals surface area contributed by atoms with Gasteiger partial charge in [-0.2, -0.15) is 0 Å². The Bertz CT molecular complexity index is 283.